The molecule has 0 bridgehead atoms. The largest absolute Gasteiger partial charge is 0.345 e. The minimum atomic E-state index is -0.892. The lowest BCUT2D eigenvalue weighted by Gasteiger charge is -2.05. The molecule has 0 radical (unpaired) electrons. The first-order valence-electron chi connectivity index (χ1n) is 10.1. The predicted molar refractivity (Wildman–Crippen MR) is 101 cm³/mol. The zero-order valence-electron chi connectivity index (χ0n) is 16.4. The number of carbonyl (C=O) groups excluding carboxylic acids is 2. The zero-order valence-corrected chi connectivity index (χ0v) is 16.4. The molecule has 5 nitrogen and oxygen atoms in total. The monoisotopic (exact) mass is 404 g/mol. The second-order valence-electron chi connectivity index (χ2n) is 7.01. The van der Waals surface area contributed by atoms with Crippen LogP contribution in [0.3, 0.4) is 0 Å². The van der Waals surface area contributed by atoms with Gasteiger partial charge in [0.25, 0.3) is 11.8 Å². The summed E-state index contributed by atoms with van der Waals surface area (Å²) < 4.78 is 38.9. The molecule has 1 rings (SSSR count). The number of hydrogen-bond donors (Lipinski definition) is 2. The van der Waals surface area contributed by atoms with Crippen molar-refractivity contribution in [3.8, 4) is 0 Å². The lowest BCUT2D eigenvalue weighted by molar-refractivity contribution is -0.133. The van der Waals surface area contributed by atoms with E-state index >= 15 is 0 Å². The van der Waals surface area contributed by atoms with Gasteiger partial charge in [-0.15, -0.1) is 0 Å². The van der Waals surface area contributed by atoms with Crippen LogP contribution in [0, 0.1) is 0 Å². The van der Waals surface area contributed by atoms with E-state index in [1.165, 1.54) is 12.2 Å². The van der Waals surface area contributed by atoms with Gasteiger partial charge in [-0.1, -0.05) is 32.6 Å². The highest BCUT2D eigenvalue weighted by atomic mass is 19.3. The quantitative estimate of drug-likeness (QED) is 0.312. The van der Waals surface area contributed by atoms with E-state index < -0.39 is 29.5 Å². The molecule has 0 aromatic heterocycles. The smallest absolute Gasteiger partial charge is 0.279 e. The van der Waals surface area contributed by atoms with Crippen LogP contribution in [0.2, 0.25) is 0 Å². The highest BCUT2D eigenvalue weighted by Crippen LogP contribution is 2.22. The lowest BCUT2D eigenvalue weighted by Crippen LogP contribution is -2.35. The van der Waals surface area contributed by atoms with E-state index in [1.807, 2.05) is 0 Å². The number of unbranched alkanes of at least 4 members (excludes halogenated alkanes) is 7. The Morgan fingerprint density at radius 1 is 0.893 bits per heavy atom. The number of hydrogen-bond acceptors (Lipinski definition) is 3. The van der Waals surface area contributed by atoms with E-state index in [0.717, 1.165) is 25.7 Å². The van der Waals surface area contributed by atoms with Gasteiger partial charge in [-0.3, -0.25) is 9.59 Å². The molecule has 28 heavy (non-hydrogen) atoms. The third-order valence-electron chi connectivity index (χ3n) is 4.49. The fourth-order valence-corrected chi connectivity index (χ4v) is 2.68. The van der Waals surface area contributed by atoms with Crippen molar-refractivity contribution in [1.82, 2.24) is 10.6 Å². The van der Waals surface area contributed by atoms with E-state index in [-0.39, 0.29) is 12.6 Å². The van der Waals surface area contributed by atoms with Gasteiger partial charge in [-0.05, 0) is 55.2 Å². The summed E-state index contributed by atoms with van der Waals surface area (Å²) in [5.41, 5.74) is 0. The molecule has 0 aromatic rings. The van der Waals surface area contributed by atoms with Crippen molar-refractivity contribution in [3.05, 3.63) is 23.8 Å². The molecular weight excluding hydrogens is 373 g/mol. The standard InChI is InChI=1S/C20H31F3N2O3/c1-2-3-4-5-8-11-15(21)19(26)24-17-14-18(17)25-20(27)16(22)12-9-6-7-10-13-28-23/h11-12,17-18H,2-10,13-14H2,1H3,(H,24,26)(H,25,27)/b15-11-,16-12+/t17-,18+/m0/s1. The molecule has 2 atom stereocenters. The minimum absolute atomic E-state index is 0.0100. The third-order valence-corrected chi connectivity index (χ3v) is 4.49. The zero-order chi connectivity index (χ0) is 20.8. The van der Waals surface area contributed by atoms with Crippen molar-refractivity contribution >= 4 is 11.8 Å². The van der Waals surface area contributed by atoms with E-state index in [1.54, 1.807) is 0 Å². The number of rotatable bonds is 15. The summed E-state index contributed by atoms with van der Waals surface area (Å²) in [6.07, 6.45) is 9.63. The van der Waals surface area contributed by atoms with Crippen molar-refractivity contribution in [1.29, 1.82) is 0 Å². The summed E-state index contributed by atoms with van der Waals surface area (Å²) in [4.78, 5) is 26.9. The van der Waals surface area contributed by atoms with Crippen molar-refractivity contribution in [3.63, 3.8) is 0 Å². The Bertz CT molecular complexity index is 553. The molecular formula is C20H31F3N2O3. The molecule has 2 amide bonds. The summed E-state index contributed by atoms with van der Waals surface area (Å²) in [6.45, 7) is 2.10. The van der Waals surface area contributed by atoms with Crippen molar-refractivity contribution in [2.75, 3.05) is 6.61 Å². The molecule has 0 aliphatic heterocycles. The van der Waals surface area contributed by atoms with Crippen LogP contribution in [0.5, 0.6) is 0 Å². The van der Waals surface area contributed by atoms with Gasteiger partial charge in [0.05, 0.1) is 18.7 Å². The maximum atomic E-state index is 13.7. The van der Waals surface area contributed by atoms with Crippen LogP contribution in [0.25, 0.3) is 0 Å². The molecule has 0 unspecified atom stereocenters. The average Bonchev–Trinajstić information content (AvgIpc) is 3.40. The molecule has 0 spiro atoms. The van der Waals surface area contributed by atoms with Crippen LogP contribution in [-0.4, -0.2) is 30.5 Å². The Morgan fingerprint density at radius 2 is 1.39 bits per heavy atom. The maximum Gasteiger partial charge on any atom is 0.279 e. The van der Waals surface area contributed by atoms with Crippen molar-refractivity contribution in [2.45, 2.75) is 83.2 Å². The highest BCUT2D eigenvalue weighted by Gasteiger charge is 2.40. The Hall–Kier alpha value is -1.83. The van der Waals surface area contributed by atoms with E-state index in [2.05, 4.69) is 22.5 Å². The molecule has 160 valence electrons. The van der Waals surface area contributed by atoms with Gasteiger partial charge >= 0.3 is 0 Å². The van der Waals surface area contributed by atoms with Crippen molar-refractivity contribution in [2.24, 2.45) is 0 Å². The Kier molecular flexibility index (Phi) is 12.3. The maximum absolute atomic E-state index is 13.7. The van der Waals surface area contributed by atoms with Gasteiger partial charge in [0.2, 0.25) is 0 Å². The van der Waals surface area contributed by atoms with Crippen LogP contribution in [-0.2, 0) is 14.5 Å². The second kappa shape index (κ2) is 14.2. The average molecular weight is 404 g/mol. The molecule has 1 aliphatic rings. The number of carbonyl (C=O) groups is 2. The number of allylic oxidation sites excluding steroid dienone is 2. The van der Waals surface area contributed by atoms with E-state index in [0.29, 0.717) is 38.5 Å². The first kappa shape index (κ1) is 24.2. The van der Waals surface area contributed by atoms with E-state index in [4.69, 9.17) is 0 Å². The lowest BCUT2D eigenvalue weighted by atomic mass is 10.1. The number of nitrogens with one attached hydrogen (secondary N) is 2. The summed E-state index contributed by atoms with van der Waals surface area (Å²) >= 11 is 0. The molecule has 0 saturated heterocycles. The van der Waals surface area contributed by atoms with Crippen LogP contribution in [0.15, 0.2) is 23.8 Å². The Morgan fingerprint density at radius 3 is 1.86 bits per heavy atom. The predicted octanol–water partition coefficient (Wildman–Crippen LogP) is 4.50. The summed E-state index contributed by atoms with van der Waals surface area (Å²) in [6, 6.07) is -0.779. The fourth-order valence-electron chi connectivity index (χ4n) is 2.68. The molecule has 0 heterocycles. The van der Waals surface area contributed by atoms with E-state index in [9.17, 15) is 22.9 Å². The van der Waals surface area contributed by atoms with Gasteiger partial charge < -0.3 is 10.6 Å². The highest BCUT2D eigenvalue weighted by molar-refractivity contribution is 5.93. The fraction of sp³-hybridized carbons (Fsp3) is 0.700. The van der Waals surface area contributed by atoms with Gasteiger partial charge in [0, 0.05) is 0 Å². The Labute approximate surface area is 164 Å². The van der Waals surface area contributed by atoms with Crippen LogP contribution >= 0.6 is 0 Å². The first-order valence-corrected chi connectivity index (χ1v) is 10.1. The Balaban J connectivity index is 2.22. The van der Waals surface area contributed by atoms with Gasteiger partial charge in [-0.25, -0.2) is 8.78 Å². The topological polar surface area (TPSA) is 67.4 Å². The molecule has 8 heteroatoms. The summed E-state index contributed by atoms with van der Waals surface area (Å²) in [7, 11) is 0. The van der Waals surface area contributed by atoms with Crippen LogP contribution in [0.1, 0.15) is 71.1 Å². The van der Waals surface area contributed by atoms with Crippen molar-refractivity contribution < 1.29 is 27.8 Å². The SMILES string of the molecule is CCCCCC/C=C(\F)C(=O)N[C@H]1C[C@H]1NC(=O)/C(F)=C\CCCCCOF. The normalized spacial score (nSPS) is 19.4. The molecule has 0 aromatic carbocycles. The minimum Gasteiger partial charge on any atom is -0.345 e. The second-order valence-corrected chi connectivity index (χ2v) is 7.01. The molecule has 2 N–H and O–H groups in total. The molecule has 1 aliphatic carbocycles. The van der Waals surface area contributed by atoms with Gasteiger partial charge in [0.1, 0.15) is 0 Å². The summed E-state index contributed by atoms with van der Waals surface area (Å²) in [5, 5.41) is 4.96. The first-order chi connectivity index (χ1) is 13.5. The summed E-state index contributed by atoms with van der Waals surface area (Å²) in [5.74, 6) is -3.36. The van der Waals surface area contributed by atoms with Crippen LogP contribution < -0.4 is 10.6 Å². The van der Waals surface area contributed by atoms with Crippen LogP contribution in [0.4, 0.5) is 13.3 Å². The molecule has 1 fully saturated rings. The van der Waals surface area contributed by atoms with Gasteiger partial charge in [-0.2, -0.15) is 4.94 Å². The number of halogens is 3. The molecule has 1 saturated carbocycles. The number of amides is 2. The van der Waals surface area contributed by atoms with Gasteiger partial charge in [0.15, 0.2) is 11.7 Å². The third kappa shape index (κ3) is 10.5.